The molecule has 6 nitrogen and oxygen atoms in total. The minimum absolute atomic E-state index is 0.0353. The van der Waals surface area contributed by atoms with Crippen LogP contribution >= 0.6 is 23.1 Å². The second-order valence-electron chi connectivity index (χ2n) is 5.44. The molecule has 0 spiro atoms. The van der Waals surface area contributed by atoms with Crippen molar-refractivity contribution in [1.29, 1.82) is 0 Å². The van der Waals surface area contributed by atoms with Gasteiger partial charge in [0.15, 0.2) is 0 Å². The van der Waals surface area contributed by atoms with Gasteiger partial charge >= 0.3 is 0 Å². The van der Waals surface area contributed by atoms with Crippen LogP contribution in [-0.2, 0) is 19.6 Å². The summed E-state index contributed by atoms with van der Waals surface area (Å²) in [5.74, 6) is -0.0353. The zero-order valence-electron chi connectivity index (χ0n) is 13.2. The van der Waals surface area contributed by atoms with E-state index >= 15 is 0 Å². The van der Waals surface area contributed by atoms with E-state index in [4.69, 9.17) is 9.88 Å². The summed E-state index contributed by atoms with van der Waals surface area (Å²) in [5.41, 5.74) is 0.869. The van der Waals surface area contributed by atoms with E-state index in [2.05, 4.69) is 5.32 Å². The summed E-state index contributed by atoms with van der Waals surface area (Å²) < 4.78 is 29.4. The van der Waals surface area contributed by atoms with Gasteiger partial charge in [-0.3, -0.25) is 4.79 Å². The topological polar surface area (TPSA) is 98.5 Å². The number of methoxy groups -OCH3 is 1. The normalized spacial score (nSPS) is 21.0. The second-order valence-corrected chi connectivity index (χ2v) is 9.85. The monoisotopic (exact) mass is 378 g/mol. The van der Waals surface area contributed by atoms with E-state index in [0.29, 0.717) is 18.3 Å². The van der Waals surface area contributed by atoms with Crippen molar-refractivity contribution in [1.82, 2.24) is 5.32 Å². The Kier molecular flexibility index (Phi) is 6.49. The fourth-order valence-electron chi connectivity index (χ4n) is 2.50. The van der Waals surface area contributed by atoms with Crippen LogP contribution in [0, 0.1) is 0 Å². The molecule has 130 valence electrons. The Balaban J connectivity index is 2.23. The van der Waals surface area contributed by atoms with Crippen molar-refractivity contribution in [2.75, 3.05) is 13.7 Å². The summed E-state index contributed by atoms with van der Waals surface area (Å²) in [4.78, 5) is 11.8. The van der Waals surface area contributed by atoms with Gasteiger partial charge in [0.1, 0.15) is 4.21 Å². The van der Waals surface area contributed by atoms with Crippen LogP contribution in [0.5, 0.6) is 0 Å². The van der Waals surface area contributed by atoms with Crippen LogP contribution in [0.4, 0.5) is 0 Å². The molecule has 0 fully saturated rings. The Morgan fingerprint density at radius 1 is 1.52 bits per heavy atom. The fraction of sp³-hybridized carbons (Fsp3) is 0.643. The van der Waals surface area contributed by atoms with Gasteiger partial charge in [-0.1, -0.05) is 6.92 Å². The highest BCUT2D eigenvalue weighted by molar-refractivity contribution is 8.02. The average Bonchev–Trinajstić information content (AvgIpc) is 2.92. The van der Waals surface area contributed by atoms with Crippen molar-refractivity contribution in [2.45, 2.75) is 52.3 Å². The van der Waals surface area contributed by atoms with E-state index in [1.165, 1.54) is 11.3 Å². The zero-order chi connectivity index (χ0) is 17.0. The van der Waals surface area contributed by atoms with Gasteiger partial charge in [-0.05, 0) is 25.3 Å². The van der Waals surface area contributed by atoms with Crippen LogP contribution in [0.25, 0.3) is 0 Å². The molecular formula is C14H22N2O4S3. The van der Waals surface area contributed by atoms with Crippen LogP contribution in [0.2, 0.25) is 0 Å². The number of primary sulfonamides is 1. The molecule has 1 aromatic heterocycles. The van der Waals surface area contributed by atoms with Crippen molar-refractivity contribution in [3.05, 3.63) is 11.6 Å². The van der Waals surface area contributed by atoms with Gasteiger partial charge in [-0.15, -0.1) is 23.1 Å². The molecule has 9 heteroatoms. The van der Waals surface area contributed by atoms with Gasteiger partial charge in [0, 0.05) is 31.0 Å². The van der Waals surface area contributed by atoms with Crippen molar-refractivity contribution in [3.63, 3.8) is 0 Å². The Hall–Kier alpha value is -0.610. The number of carbonyl (C=O) groups is 1. The molecule has 2 unspecified atom stereocenters. The highest BCUT2D eigenvalue weighted by Gasteiger charge is 2.32. The molecule has 1 aliphatic heterocycles. The molecule has 2 atom stereocenters. The maximum atomic E-state index is 11.8. The van der Waals surface area contributed by atoms with Crippen molar-refractivity contribution in [2.24, 2.45) is 5.14 Å². The quantitative estimate of drug-likeness (QED) is 0.709. The maximum Gasteiger partial charge on any atom is 0.247 e. The van der Waals surface area contributed by atoms with Crippen LogP contribution in [0.3, 0.4) is 0 Å². The van der Waals surface area contributed by atoms with Crippen LogP contribution < -0.4 is 10.5 Å². The number of ether oxygens (including phenoxy) is 1. The SMILES string of the molecule is CCC(=O)NC1CC(CCCOC)Sc2sc(S(N)(=O)=O)cc21. The number of hydrogen-bond donors (Lipinski definition) is 2. The number of rotatable bonds is 7. The number of carbonyl (C=O) groups excluding carboxylic acids is 1. The predicted octanol–water partition coefficient (Wildman–Crippen LogP) is 2.25. The summed E-state index contributed by atoms with van der Waals surface area (Å²) in [5, 5.41) is 8.57. The zero-order valence-corrected chi connectivity index (χ0v) is 15.7. The highest BCUT2D eigenvalue weighted by Crippen LogP contribution is 2.47. The number of amides is 1. The average molecular weight is 379 g/mol. The molecule has 0 aromatic carbocycles. The minimum atomic E-state index is -3.72. The number of fused-ring (bicyclic) bond motifs is 1. The third-order valence-corrected chi connectivity index (χ3v) is 7.78. The molecule has 0 aliphatic carbocycles. The first-order valence-corrected chi connectivity index (χ1v) is 10.7. The molecule has 0 saturated carbocycles. The lowest BCUT2D eigenvalue weighted by atomic mass is 10.0. The van der Waals surface area contributed by atoms with Gasteiger partial charge in [0.25, 0.3) is 0 Å². The minimum Gasteiger partial charge on any atom is -0.385 e. The Bertz CT molecular complexity index is 657. The standard InChI is InChI=1S/C14H22N2O4S3/c1-3-12(17)16-11-7-9(5-4-6-20-2)21-14-10(11)8-13(22-14)23(15,18)19/h8-9,11H,3-7H2,1-2H3,(H,16,17)(H2,15,18,19). The number of thiophene rings is 1. The van der Waals surface area contributed by atoms with Gasteiger partial charge < -0.3 is 10.1 Å². The van der Waals surface area contributed by atoms with E-state index in [0.717, 1.165) is 29.0 Å². The van der Waals surface area contributed by atoms with Crippen molar-refractivity contribution < 1.29 is 17.9 Å². The summed E-state index contributed by atoms with van der Waals surface area (Å²) in [7, 11) is -2.05. The molecule has 2 heterocycles. The predicted molar refractivity (Wildman–Crippen MR) is 92.2 cm³/mol. The lowest BCUT2D eigenvalue weighted by Gasteiger charge is -2.29. The second kappa shape index (κ2) is 7.98. The number of nitrogens with two attached hydrogens (primary N) is 1. The van der Waals surface area contributed by atoms with E-state index < -0.39 is 10.0 Å². The Morgan fingerprint density at radius 2 is 2.26 bits per heavy atom. The molecule has 3 N–H and O–H groups in total. The Labute approximate surface area is 145 Å². The molecular weight excluding hydrogens is 356 g/mol. The molecule has 23 heavy (non-hydrogen) atoms. The molecule has 1 amide bonds. The van der Waals surface area contributed by atoms with Gasteiger partial charge in [0.05, 0.1) is 10.3 Å². The van der Waals surface area contributed by atoms with E-state index in [1.807, 2.05) is 0 Å². The number of sulfonamides is 1. The lowest BCUT2D eigenvalue weighted by Crippen LogP contribution is -2.32. The molecule has 2 rings (SSSR count). The first kappa shape index (κ1) is 18.7. The molecule has 1 aliphatic rings. The number of hydrogen-bond acceptors (Lipinski definition) is 6. The van der Waals surface area contributed by atoms with E-state index in [-0.39, 0.29) is 16.2 Å². The van der Waals surface area contributed by atoms with Gasteiger partial charge in [-0.25, -0.2) is 13.6 Å². The third-order valence-electron chi connectivity index (χ3n) is 3.66. The largest absolute Gasteiger partial charge is 0.385 e. The maximum absolute atomic E-state index is 11.8. The molecule has 1 aromatic rings. The first-order chi connectivity index (χ1) is 10.8. The Morgan fingerprint density at radius 3 is 2.87 bits per heavy atom. The summed E-state index contributed by atoms with van der Waals surface area (Å²) in [6.45, 7) is 2.50. The van der Waals surface area contributed by atoms with Crippen molar-refractivity contribution in [3.8, 4) is 0 Å². The lowest BCUT2D eigenvalue weighted by molar-refractivity contribution is -0.121. The molecule has 0 radical (unpaired) electrons. The van der Waals surface area contributed by atoms with Crippen LogP contribution in [0.1, 0.15) is 44.2 Å². The molecule has 0 bridgehead atoms. The first-order valence-electron chi connectivity index (χ1n) is 7.46. The van der Waals surface area contributed by atoms with E-state index in [9.17, 15) is 13.2 Å². The number of thioether (sulfide) groups is 1. The summed E-state index contributed by atoms with van der Waals surface area (Å²) >= 11 is 2.87. The number of nitrogens with one attached hydrogen (secondary N) is 1. The summed E-state index contributed by atoms with van der Waals surface area (Å²) in [6, 6.07) is 1.45. The van der Waals surface area contributed by atoms with Crippen LogP contribution in [-0.4, -0.2) is 33.3 Å². The van der Waals surface area contributed by atoms with Crippen molar-refractivity contribution >= 4 is 39.0 Å². The van der Waals surface area contributed by atoms with Gasteiger partial charge in [0.2, 0.25) is 15.9 Å². The fourth-order valence-corrected chi connectivity index (χ4v) is 6.43. The van der Waals surface area contributed by atoms with Gasteiger partial charge in [-0.2, -0.15) is 0 Å². The van der Waals surface area contributed by atoms with Crippen LogP contribution in [0.15, 0.2) is 14.5 Å². The summed E-state index contributed by atoms with van der Waals surface area (Å²) in [6.07, 6.45) is 3.08. The third kappa shape index (κ3) is 4.93. The smallest absolute Gasteiger partial charge is 0.247 e. The molecule has 0 saturated heterocycles. The highest BCUT2D eigenvalue weighted by atomic mass is 32.3. The van der Waals surface area contributed by atoms with E-state index in [1.54, 1.807) is 31.9 Å².